The van der Waals surface area contributed by atoms with Gasteiger partial charge in [0, 0.05) is 18.7 Å². The zero-order valence-corrected chi connectivity index (χ0v) is 21.3. The van der Waals surface area contributed by atoms with Crippen LogP contribution in [0.15, 0.2) is 53.4 Å². The Morgan fingerprint density at radius 2 is 1.79 bits per heavy atom. The van der Waals surface area contributed by atoms with Crippen molar-refractivity contribution in [3.05, 3.63) is 59.1 Å². The van der Waals surface area contributed by atoms with Gasteiger partial charge >= 0.3 is 5.97 Å². The number of fused-ring (bicyclic) bond motifs is 1. The number of benzene rings is 2. The van der Waals surface area contributed by atoms with Crippen LogP contribution in [0.5, 0.6) is 0 Å². The molecule has 1 heterocycles. The van der Waals surface area contributed by atoms with Crippen molar-refractivity contribution in [2.24, 2.45) is 5.92 Å². The Labute approximate surface area is 204 Å². The summed E-state index contributed by atoms with van der Waals surface area (Å²) >= 11 is 1.44. The van der Waals surface area contributed by atoms with Gasteiger partial charge in [-0.1, -0.05) is 45.9 Å². The van der Waals surface area contributed by atoms with E-state index < -0.39 is 27.9 Å². The van der Waals surface area contributed by atoms with E-state index >= 15 is 0 Å². The Balaban J connectivity index is 1.71. The molecule has 8 nitrogen and oxygen atoms in total. The molecule has 0 spiro atoms. The first kappa shape index (κ1) is 25.8. The first-order valence-corrected chi connectivity index (χ1v) is 13.3. The number of esters is 1. The van der Waals surface area contributed by atoms with Crippen LogP contribution >= 0.6 is 11.3 Å². The minimum Gasteiger partial charge on any atom is -0.457 e. The van der Waals surface area contributed by atoms with Crippen LogP contribution in [-0.4, -0.2) is 48.7 Å². The number of nitrogens with zero attached hydrogens (tertiary/aromatic N) is 2. The zero-order valence-electron chi connectivity index (χ0n) is 19.6. The largest absolute Gasteiger partial charge is 0.457 e. The number of carbonyl (C=O) groups excluding carboxylic acids is 2. The molecule has 0 fully saturated rings. The maximum absolute atomic E-state index is 12.9. The second-order valence-corrected chi connectivity index (χ2v) is 11.0. The number of nitrogens with one attached hydrogen (secondary N) is 1. The summed E-state index contributed by atoms with van der Waals surface area (Å²) in [5, 5.41) is 3.36. The monoisotopic (exact) mass is 503 g/mol. The van der Waals surface area contributed by atoms with Crippen molar-refractivity contribution in [3.8, 4) is 0 Å². The molecule has 1 unspecified atom stereocenters. The molecule has 0 saturated heterocycles. The Hall–Kier alpha value is -2.82. The van der Waals surface area contributed by atoms with Gasteiger partial charge in [0.05, 0.1) is 15.1 Å². The van der Waals surface area contributed by atoms with Crippen LogP contribution in [0.2, 0.25) is 0 Å². The van der Waals surface area contributed by atoms with Crippen LogP contribution in [0.4, 0.5) is 0 Å². The molecular weight excluding hydrogens is 474 g/mol. The molecule has 10 heteroatoms. The molecule has 34 heavy (non-hydrogen) atoms. The van der Waals surface area contributed by atoms with E-state index in [1.54, 1.807) is 27.7 Å². The lowest BCUT2D eigenvalue weighted by Crippen LogP contribution is -2.45. The van der Waals surface area contributed by atoms with Crippen LogP contribution in [0.1, 0.15) is 43.1 Å². The van der Waals surface area contributed by atoms with Gasteiger partial charge in [-0.3, -0.25) is 4.79 Å². The molecule has 1 N–H and O–H groups in total. The van der Waals surface area contributed by atoms with Gasteiger partial charge in [-0.2, -0.15) is 4.31 Å². The van der Waals surface area contributed by atoms with Gasteiger partial charge in [-0.25, -0.2) is 18.2 Å². The maximum Gasteiger partial charge on any atom is 0.329 e. The summed E-state index contributed by atoms with van der Waals surface area (Å²) in [7, 11) is -3.71. The molecule has 182 valence electrons. The first-order valence-electron chi connectivity index (χ1n) is 11.1. The number of aromatic nitrogens is 1. The van der Waals surface area contributed by atoms with Crippen molar-refractivity contribution in [3.63, 3.8) is 0 Å². The predicted octanol–water partition coefficient (Wildman–Crippen LogP) is 3.82. The summed E-state index contributed by atoms with van der Waals surface area (Å²) in [5.41, 5.74) is 0.990. The summed E-state index contributed by atoms with van der Waals surface area (Å²) in [4.78, 5) is 30.2. The number of amides is 1. The number of sulfonamides is 1. The molecule has 0 saturated carbocycles. The quantitative estimate of drug-likeness (QED) is 0.422. The number of thiazole rings is 1. The third-order valence-electron chi connectivity index (χ3n) is 5.32. The first-order chi connectivity index (χ1) is 16.2. The highest BCUT2D eigenvalue weighted by Gasteiger charge is 2.28. The van der Waals surface area contributed by atoms with E-state index in [-0.39, 0.29) is 23.0 Å². The summed E-state index contributed by atoms with van der Waals surface area (Å²) in [6.07, 6.45) is 0. The lowest BCUT2D eigenvalue weighted by atomic mass is 10.0. The lowest BCUT2D eigenvalue weighted by molar-refractivity contribution is -0.148. The zero-order chi connectivity index (χ0) is 24.9. The molecular formula is C24H29N3O5S2. The molecule has 3 aromatic rings. The minimum atomic E-state index is -3.71. The second kappa shape index (κ2) is 11.1. The Morgan fingerprint density at radius 3 is 2.44 bits per heavy atom. The molecule has 1 aromatic heterocycles. The normalized spacial score (nSPS) is 12.8. The molecule has 2 aromatic carbocycles. The van der Waals surface area contributed by atoms with Crippen molar-refractivity contribution < 1.29 is 22.7 Å². The minimum absolute atomic E-state index is 0.00880. The number of hydrogen-bond donors (Lipinski definition) is 1. The Morgan fingerprint density at radius 1 is 1.09 bits per heavy atom. The van der Waals surface area contributed by atoms with Crippen molar-refractivity contribution in [1.29, 1.82) is 0 Å². The molecule has 3 rings (SSSR count). The van der Waals surface area contributed by atoms with Crippen LogP contribution in [-0.2, 0) is 26.2 Å². The fourth-order valence-electron chi connectivity index (χ4n) is 3.44. The van der Waals surface area contributed by atoms with E-state index in [0.29, 0.717) is 18.1 Å². The Kier molecular flexibility index (Phi) is 8.40. The number of hydrogen-bond acceptors (Lipinski definition) is 7. The summed E-state index contributed by atoms with van der Waals surface area (Å²) < 4.78 is 33.4. The maximum atomic E-state index is 12.9. The van der Waals surface area contributed by atoms with Crippen molar-refractivity contribution in [1.82, 2.24) is 14.6 Å². The van der Waals surface area contributed by atoms with Gasteiger partial charge in [-0.05, 0) is 36.2 Å². The van der Waals surface area contributed by atoms with E-state index in [0.717, 1.165) is 10.2 Å². The van der Waals surface area contributed by atoms with Gasteiger partial charge in [0.1, 0.15) is 17.7 Å². The van der Waals surface area contributed by atoms with Crippen LogP contribution < -0.4 is 5.32 Å². The number of carbonyl (C=O) groups is 2. The summed E-state index contributed by atoms with van der Waals surface area (Å²) in [6, 6.07) is 12.6. The molecule has 0 aliphatic rings. The number of rotatable bonds is 10. The molecule has 0 bridgehead atoms. The molecule has 1 amide bonds. The highest BCUT2D eigenvalue weighted by atomic mass is 32.2. The van der Waals surface area contributed by atoms with Gasteiger partial charge in [0.25, 0.3) is 5.91 Å². The molecule has 1 atom stereocenters. The molecule has 0 aliphatic carbocycles. The standard InChI is InChI=1S/C24H29N3O5S2/c1-5-27(6-2)34(30,31)18-11-9-10-17(14-18)23(28)26-22(16(3)4)24(29)32-15-21-25-19-12-7-8-13-20(19)33-21/h7-14,16,22H,5-6,15H2,1-4H3,(H,26,28). The predicted molar refractivity (Wildman–Crippen MR) is 132 cm³/mol. The number of ether oxygens (including phenoxy) is 1. The van der Waals surface area contributed by atoms with Crippen LogP contribution in [0, 0.1) is 5.92 Å². The molecule has 0 aliphatic heterocycles. The number of para-hydroxylation sites is 1. The van der Waals surface area contributed by atoms with Gasteiger partial charge in [0.15, 0.2) is 0 Å². The van der Waals surface area contributed by atoms with E-state index in [1.165, 1.54) is 39.9 Å². The van der Waals surface area contributed by atoms with Crippen LogP contribution in [0.3, 0.4) is 0 Å². The third-order valence-corrected chi connectivity index (χ3v) is 8.38. The second-order valence-electron chi connectivity index (χ2n) is 8.00. The SMILES string of the molecule is CCN(CC)S(=O)(=O)c1cccc(C(=O)NC(C(=O)OCc2nc3ccccc3s2)C(C)C)c1. The van der Waals surface area contributed by atoms with Crippen molar-refractivity contribution in [2.45, 2.75) is 45.2 Å². The lowest BCUT2D eigenvalue weighted by Gasteiger charge is -2.21. The van der Waals surface area contributed by atoms with Gasteiger partial charge < -0.3 is 10.1 Å². The Bertz CT molecular complexity index is 1230. The van der Waals surface area contributed by atoms with Crippen molar-refractivity contribution in [2.75, 3.05) is 13.1 Å². The van der Waals surface area contributed by atoms with E-state index in [2.05, 4.69) is 10.3 Å². The fraction of sp³-hybridized carbons (Fsp3) is 0.375. The van der Waals surface area contributed by atoms with Gasteiger partial charge in [0.2, 0.25) is 10.0 Å². The van der Waals surface area contributed by atoms with Gasteiger partial charge in [-0.15, -0.1) is 11.3 Å². The topological polar surface area (TPSA) is 106 Å². The van der Waals surface area contributed by atoms with E-state index in [4.69, 9.17) is 4.74 Å². The highest BCUT2D eigenvalue weighted by molar-refractivity contribution is 7.89. The van der Waals surface area contributed by atoms with E-state index in [1.807, 2.05) is 24.3 Å². The van der Waals surface area contributed by atoms with Crippen molar-refractivity contribution >= 4 is 43.5 Å². The van der Waals surface area contributed by atoms with E-state index in [9.17, 15) is 18.0 Å². The molecule has 0 radical (unpaired) electrons. The highest BCUT2D eigenvalue weighted by Crippen LogP contribution is 2.22. The average molecular weight is 504 g/mol. The fourth-order valence-corrected chi connectivity index (χ4v) is 5.82. The summed E-state index contributed by atoms with van der Waals surface area (Å²) in [5.74, 6) is -1.36. The summed E-state index contributed by atoms with van der Waals surface area (Å²) in [6.45, 7) is 7.76. The third kappa shape index (κ3) is 5.81. The smallest absolute Gasteiger partial charge is 0.329 e. The average Bonchev–Trinajstić information content (AvgIpc) is 3.24. The van der Waals surface area contributed by atoms with Crippen LogP contribution in [0.25, 0.3) is 10.2 Å².